The molecule has 4 heteroatoms. The number of H-pyrrole nitrogens is 1. The molecule has 1 fully saturated rings. The van der Waals surface area contributed by atoms with Crippen molar-refractivity contribution in [2.75, 3.05) is 25.4 Å². The molecule has 2 heterocycles. The SMILES string of the molecule is Nc1[nH]ncc1-c1ccc(CCN2CCCC2)cc1. The number of aromatic amines is 1. The lowest BCUT2D eigenvalue weighted by Gasteiger charge is -2.14. The monoisotopic (exact) mass is 256 g/mol. The van der Waals surface area contributed by atoms with E-state index in [1.807, 2.05) is 0 Å². The van der Waals surface area contributed by atoms with Gasteiger partial charge >= 0.3 is 0 Å². The van der Waals surface area contributed by atoms with Gasteiger partial charge in [-0.05, 0) is 43.5 Å². The summed E-state index contributed by atoms with van der Waals surface area (Å²) >= 11 is 0. The van der Waals surface area contributed by atoms with Crippen LogP contribution < -0.4 is 5.73 Å². The molecule has 0 spiro atoms. The molecule has 1 aliphatic rings. The topological polar surface area (TPSA) is 57.9 Å². The number of nitrogen functional groups attached to an aromatic ring is 1. The Morgan fingerprint density at radius 1 is 1.16 bits per heavy atom. The number of likely N-dealkylation sites (tertiary alicyclic amines) is 1. The maximum Gasteiger partial charge on any atom is 0.126 e. The highest BCUT2D eigenvalue weighted by molar-refractivity contribution is 5.72. The van der Waals surface area contributed by atoms with E-state index in [1.165, 1.54) is 38.0 Å². The van der Waals surface area contributed by atoms with E-state index in [-0.39, 0.29) is 0 Å². The first kappa shape index (κ1) is 12.2. The Balaban J connectivity index is 1.64. The second-order valence-corrected chi connectivity index (χ2v) is 5.19. The number of rotatable bonds is 4. The lowest BCUT2D eigenvalue weighted by Crippen LogP contribution is -2.21. The summed E-state index contributed by atoms with van der Waals surface area (Å²) < 4.78 is 0. The van der Waals surface area contributed by atoms with Crippen molar-refractivity contribution in [2.24, 2.45) is 0 Å². The van der Waals surface area contributed by atoms with Crippen LogP contribution in [0.25, 0.3) is 11.1 Å². The van der Waals surface area contributed by atoms with Crippen LogP contribution in [0.2, 0.25) is 0 Å². The molecule has 2 aromatic rings. The molecule has 0 saturated carbocycles. The zero-order valence-corrected chi connectivity index (χ0v) is 11.1. The van der Waals surface area contributed by atoms with Crippen LogP contribution in [0.15, 0.2) is 30.5 Å². The van der Waals surface area contributed by atoms with Gasteiger partial charge in [-0.2, -0.15) is 5.10 Å². The lowest BCUT2D eigenvalue weighted by molar-refractivity contribution is 0.343. The van der Waals surface area contributed by atoms with Crippen LogP contribution >= 0.6 is 0 Å². The fourth-order valence-electron chi connectivity index (χ4n) is 2.67. The van der Waals surface area contributed by atoms with Gasteiger partial charge in [0.25, 0.3) is 0 Å². The largest absolute Gasteiger partial charge is 0.384 e. The molecule has 1 aromatic heterocycles. The quantitative estimate of drug-likeness (QED) is 0.882. The number of nitrogens with one attached hydrogen (secondary N) is 1. The second-order valence-electron chi connectivity index (χ2n) is 5.19. The van der Waals surface area contributed by atoms with E-state index in [0.717, 1.165) is 17.5 Å². The average Bonchev–Trinajstić information content (AvgIpc) is 3.08. The van der Waals surface area contributed by atoms with Crippen LogP contribution in [-0.2, 0) is 6.42 Å². The molecule has 1 saturated heterocycles. The predicted octanol–water partition coefficient (Wildman–Crippen LogP) is 2.30. The van der Waals surface area contributed by atoms with Crippen LogP contribution in [0.4, 0.5) is 5.82 Å². The summed E-state index contributed by atoms with van der Waals surface area (Å²) in [5.74, 6) is 0.629. The van der Waals surface area contributed by atoms with Gasteiger partial charge in [-0.25, -0.2) is 0 Å². The smallest absolute Gasteiger partial charge is 0.126 e. The number of hydrogen-bond acceptors (Lipinski definition) is 3. The van der Waals surface area contributed by atoms with E-state index in [0.29, 0.717) is 5.82 Å². The normalized spacial score (nSPS) is 16.0. The average molecular weight is 256 g/mol. The molecule has 100 valence electrons. The molecule has 1 aliphatic heterocycles. The molecular weight excluding hydrogens is 236 g/mol. The van der Waals surface area contributed by atoms with Gasteiger partial charge in [-0.1, -0.05) is 24.3 Å². The number of aromatic nitrogens is 2. The Morgan fingerprint density at radius 2 is 1.89 bits per heavy atom. The molecule has 0 amide bonds. The Bertz CT molecular complexity index is 523. The van der Waals surface area contributed by atoms with Crippen molar-refractivity contribution in [2.45, 2.75) is 19.3 Å². The zero-order chi connectivity index (χ0) is 13.1. The van der Waals surface area contributed by atoms with E-state index < -0.39 is 0 Å². The highest BCUT2D eigenvalue weighted by Crippen LogP contribution is 2.23. The third-order valence-electron chi connectivity index (χ3n) is 3.85. The van der Waals surface area contributed by atoms with Crippen molar-refractivity contribution in [1.29, 1.82) is 0 Å². The maximum absolute atomic E-state index is 5.83. The second kappa shape index (κ2) is 5.45. The number of nitrogens with two attached hydrogens (primary N) is 1. The highest BCUT2D eigenvalue weighted by Gasteiger charge is 2.11. The van der Waals surface area contributed by atoms with Crippen LogP contribution in [0.1, 0.15) is 18.4 Å². The Labute approximate surface area is 113 Å². The van der Waals surface area contributed by atoms with E-state index in [1.54, 1.807) is 6.20 Å². The van der Waals surface area contributed by atoms with Crippen molar-refractivity contribution in [3.63, 3.8) is 0 Å². The van der Waals surface area contributed by atoms with Crippen molar-refractivity contribution in [3.05, 3.63) is 36.0 Å². The molecule has 1 aromatic carbocycles. The van der Waals surface area contributed by atoms with Crippen LogP contribution in [-0.4, -0.2) is 34.7 Å². The van der Waals surface area contributed by atoms with Crippen molar-refractivity contribution >= 4 is 5.82 Å². The summed E-state index contributed by atoms with van der Waals surface area (Å²) in [6, 6.07) is 8.64. The lowest BCUT2D eigenvalue weighted by atomic mass is 10.0. The Morgan fingerprint density at radius 3 is 2.53 bits per heavy atom. The van der Waals surface area contributed by atoms with E-state index in [2.05, 4.69) is 39.4 Å². The first-order chi connectivity index (χ1) is 9.33. The first-order valence-electron chi connectivity index (χ1n) is 6.93. The summed E-state index contributed by atoms with van der Waals surface area (Å²) in [5, 5.41) is 6.72. The van der Waals surface area contributed by atoms with Gasteiger partial charge in [0.05, 0.1) is 6.20 Å². The third kappa shape index (κ3) is 2.79. The van der Waals surface area contributed by atoms with E-state index in [9.17, 15) is 0 Å². The summed E-state index contributed by atoms with van der Waals surface area (Å²) in [5.41, 5.74) is 9.31. The molecule has 0 bridgehead atoms. The number of nitrogens with zero attached hydrogens (tertiary/aromatic N) is 2. The molecule has 0 atom stereocenters. The molecule has 19 heavy (non-hydrogen) atoms. The van der Waals surface area contributed by atoms with Crippen molar-refractivity contribution < 1.29 is 0 Å². The Kier molecular flexibility index (Phi) is 3.51. The zero-order valence-electron chi connectivity index (χ0n) is 11.1. The van der Waals surface area contributed by atoms with Gasteiger partial charge in [0.1, 0.15) is 5.82 Å². The van der Waals surface area contributed by atoms with Crippen LogP contribution in [0.3, 0.4) is 0 Å². The molecule has 0 radical (unpaired) electrons. The standard InChI is InChI=1S/C15H20N4/c16-15-14(11-17-18-15)13-5-3-12(4-6-13)7-10-19-8-1-2-9-19/h3-6,11H,1-2,7-10H2,(H3,16,17,18). The van der Waals surface area contributed by atoms with Gasteiger partial charge in [-0.15, -0.1) is 0 Å². The summed E-state index contributed by atoms with van der Waals surface area (Å²) in [4.78, 5) is 2.54. The minimum absolute atomic E-state index is 0.629. The fraction of sp³-hybridized carbons (Fsp3) is 0.400. The summed E-state index contributed by atoms with van der Waals surface area (Å²) in [7, 11) is 0. The molecular formula is C15H20N4. The highest BCUT2D eigenvalue weighted by atomic mass is 15.1. The van der Waals surface area contributed by atoms with Gasteiger partial charge in [0.15, 0.2) is 0 Å². The number of hydrogen-bond donors (Lipinski definition) is 2. The maximum atomic E-state index is 5.83. The minimum atomic E-state index is 0.629. The van der Waals surface area contributed by atoms with E-state index >= 15 is 0 Å². The number of anilines is 1. The van der Waals surface area contributed by atoms with Crippen molar-refractivity contribution in [1.82, 2.24) is 15.1 Å². The van der Waals surface area contributed by atoms with E-state index in [4.69, 9.17) is 5.73 Å². The van der Waals surface area contributed by atoms with Gasteiger partial charge in [-0.3, -0.25) is 5.10 Å². The molecule has 3 N–H and O–H groups in total. The fourth-order valence-corrected chi connectivity index (χ4v) is 2.67. The number of benzene rings is 1. The van der Waals surface area contributed by atoms with Crippen LogP contribution in [0.5, 0.6) is 0 Å². The van der Waals surface area contributed by atoms with Gasteiger partial charge < -0.3 is 10.6 Å². The van der Waals surface area contributed by atoms with Crippen LogP contribution in [0, 0.1) is 0 Å². The molecule has 0 unspecified atom stereocenters. The third-order valence-corrected chi connectivity index (χ3v) is 3.85. The predicted molar refractivity (Wildman–Crippen MR) is 77.8 cm³/mol. The Hall–Kier alpha value is -1.81. The summed E-state index contributed by atoms with van der Waals surface area (Å²) in [6.07, 6.45) is 5.62. The molecule has 4 nitrogen and oxygen atoms in total. The first-order valence-corrected chi connectivity index (χ1v) is 6.93. The molecule has 3 rings (SSSR count). The molecule has 0 aliphatic carbocycles. The summed E-state index contributed by atoms with van der Waals surface area (Å²) in [6.45, 7) is 3.71. The van der Waals surface area contributed by atoms with Gasteiger partial charge in [0.2, 0.25) is 0 Å². The van der Waals surface area contributed by atoms with Crippen molar-refractivity contribution in [3.8, 4) is 11.1 Å². The van der Waals surface area contributed by atoms with Gasteiger partial charge in [0, 0.05) is 12.1 Å². The minimum Gasteiger partial charge on any atom is -0.384 e.